The molecule has 0 fully saturated rings. The van der Waals surface area contributed by atoms with Crippen molar-refractivity contribution in [2.45, 2.75) is 12.5 Å². The van der Waals surface area contributed by atoms with Crippen LogP contribution in [0.15, 0.2) is 10.7 Å². The zero-order valence-electron chi connectivity index (χ0n) is 7.78. The number of hydrogen-bond donors (Lipinski definition) is 2. The summed E-state index contributed by atoms with van der Waals surface area (Å²) in [7, 11) is 0. The van der Waals surface area contributed by atoms with E-state index in [1.807, 2.05) is 0 Å². The van der Waals surface area contributed by atoms with Gasteiger partial charge >= 0.3 is 5.97 Å². The Balaban J connectivity index is 1.92. The fourth-order valence-electron chi connectivity index (χ4n) is 1.06. The Kier molecular flexibility index (Phi) is 2.77. The molecule has 0 spiro atoms. The highest BCUT2D eigenvalue weighted by Crippen LogP contribution is 2.14. The zero-order valence-corrected chi connectivity index (χ0v) is 8.60. The van der Waals surface area contributed by atoms with Crippen molar-refractivity contribution in [2.24, 2.45) is 5.16 Å². The fraction of sp³-hybridized carbons (Fsp3) is 0.286. The molecular formula is C7H6N4O4S. The number of nitrogens with one attached hydrogen (secondary N) is 1. The van der Waals surface area contributed by atoms with Gasteiger partial charge in [-0.1, -0.05) is 16.5 Å². The van der Waals surface area contributed by atoms with Gasteiger partial charge in [-0.15, -0.1) is 10.2 Å². The molecule has 1 atom stereocenters. The van der Waals surface area contributed by atoms with E-state index in [1.54, 1.807) is 0 Å². The van der Waals surface area contributed by atoms with Gasteiger partial charge in [0.05, 0.1) is 0 Å². The molecule has 2 rings (SSSR count). The second-order valence-electron chi connectivity index (χ2n) is 2.87. The van der Waals surface area contributed by atoms with Gasteiger partial charge in [-0.3, -0.25) is 10.1 Å². The highest BCUT2D eigenvalue weighted by atomic mass is 32.1. The molecule has 0 aliphatic carbocycles. The average molecular weight is 242 g/mol. The number of amides is 1. The summed E-state index contributed by atoms with van der Waals surface area (Å²) in [6, 6.07) is 0. The summed E-state index contributed by atoms with van der Waals surface area (Å²) in [6.45, 7) is 0. The van der Waals surface area contributed by atoms with E-state index in [4.69, 9.17) is 5.11 Å². The van der Waals surface area contributed by atoms with Gasteiger partial charge in [0.1, 0.15) is 5.51 Å². The predicted octanol–water partition coefficient (Wildman–Crippen LogP) is -0.294. The van der Waals surface area contributed by atoms with Crippen LogP contribution in [0.4, 0.5) is 5.13 Å². The van der Waals surface area contributed by atoms with E-state index in [-0.39, 0.29) is 12.1 Å². The normalized spacial score (nSPS) is 18.8. The van der Waals surface area contributed by atoms with Gasteiger partial charge in [-0.25, -0.2) is 4.79 Å². The fourth-order valence-corrected chi connectivity index (χ4v) is 1.51. The molecule has 84 valence electrons. The number of carboxylic acid groups (broad SMARTS) is 1. The van der Waals surface area contributed by atoms with E-state index < -0.39 is 18.0 Å². The van der Waals surface area contributed by atoms with Crippen molar-refractivity contribution in [1.29, 1.82) is 0 Å². The van der Waals surface area contributed by atoms with Crippen molar-refractivity contribution < 1.29 is 19.5 Å². The SMILES string of the molecule is O=C(O)C1=NOC(C(=O)Nc2nncs2)C1. The van der Waals surface area contributed by atoms with Crippen LogP contribution >= 0.6 is 11.3 Å². The summed E-state index contributed by atoms with van der Waals surface area (Å²) in [6.07, 6.45) is -0.977. The number of aliphatic carboxylic acids is 1. The first-order valence-corrected chi connectivity index (χ1v) is 5.08. The lowest BCUT2D eigenvalue weighted by atomic mass is 10.2. The van der Waals surface area contributed by atoms with E-state index in [2.05, 4.69) is 25.5 Å². The minimum atomic E-state index is -1.19. The second kappa shape index (κ2) is 4.23. The van der Waals surface area contributed by atoms with Crippen molar-refractivity contribution >= 4 is 34.1 Å². The van der Waals surface area contributed by atoms with Crippen LogP contribution in [-0.2, 0) is 14.4 Å². The van der Waals surface area contributed by atoms with Crippen molar-refractivity contribution in [3.05, 3.63) is 5.51 Å². The molecule has 0 bridgehead atoms. The highest BCUT2D eigenvalue weighted by Gasteiger charge is 2.31. The monoisotopic (exact) mass is 242 g/mol. The molecule has 2 heterocycles. The van der Waals surface area contributed by atoms with Crippen molar-refractivity contribution in [1.82, 2.24) is 10.2 Å². The maximum atomic E-state index is 11.5. The van der Waals surface area contributed by atoms with Crippen molar-refractivity contribution in [3.8, 4) is 0 Å². The summed E-state index contributed by atoms with van der Waals surface area (Å²) in [5.74, 6) is -1.68. The lowest BCUT2D eigenvalue weighted by Gasteiger charge is -2.05. The van der Waals surface area contributed by atoms with Gasteiger partial charge in [0.25, 0.3) is 5.91 Å². The van der Waals surface area contributed by atoms with Crippen LogP contribution in [0.2, 0.25) is 0 Å². The molecule has 1 aliphatic heterocycles. The Morgan fingerprint density at radius 2 is 2.44 bits per heavy atom. The van der Waals surface area contributed by atoms with Crippen LogP contribution in [0, 0.1) is 0 Å². The molecule has 1 aromatic rings. The lowest BCUT2D eigenvalue weighted by molar-refractivity contribution is -0.129. The van der Waals surface area contributed by atoms with E-state index in [9.17, 15) is 9.59 Å². The standard InChI is InChI=1S/C7H6N4O4S/c12-5(9-7-10-8-2-16-7)4-1-3(6(13)14)11-15-4/h2,4H,1H2,(H,13,14)(H,9,10,12). The molecule has 8 nitrogen and oxygen atoms in total. The van der Waals surface area contributed by atoms with E-state index in [1.165, 1.54) is 5.51 Å². The minimum absolute atomic E-state index is 0.0556. The molecule has 0 saturated heterocycles. The number of carboxylic acids is 1. The number of carbonyl (C=O) groups excluding carboxylic acids is 1. The topological polar surface area (TPSA) is 114 Å². The van der Waals surface area contributed by atoms with Gasteiger partial charge in [0.2, 0.25) is 11.2 Å². The Hall–Kier alpha value is -2.03. The molecule has 1 amide bonds. The van der Waals surface area contributed by atoms with Gasteiger partial charge in [-0.05, 0) is 0 Å². The molecule has 0 radical (unpaired) electrons. The first-order valence-electron chi connectivity index (χ1n) is 4.20. The smallest absolute Gasteiger partial charge is 0.353 e. The van der Waals surface area contributed by atoms with E-state index in [0.717, 1.165) is 11.3 Å². The Morgan fingerprint density at radius 3 is 3.00 bits per heavy atom. The van der Waals surface area contributed by atoms with Gasteiger partial charge in [0.15, 0.2) is 5.71 Å². The number of rotatable bonds is 3. The van der Waals surface area contributed by atoms with Crippen molar-refractivity contribution in [2.75, 3.05) is 5.32 Å². The maximum Gasteiger partial charge on any atom is 0.353 e. The molecule has 1 aromatic heterocycles. The quantitative estimate of drug-likeness (QED) is 0.752. The molecule has 0 saturated carbocycles. The van der Waals surface area contributed by atoms with Gasteiger partial charge in [0, 0.05) is 6.42 Å². The third-order valence-corrected chi connectivity index (χ3v) is 2.41. The summed E-state index contributed by atoms with van der Waals surface area (Å²) in [5, 5.41) is 21.8. The van der Waals surface area contributed by atoms with E-state index >= 15 is 0 Å². The number of anilines is 1. The van der Waals surface area contributed by atoms with Crippen LogP contribution < -0.4 is 5.32 Å². The summed E-state index contributed by atoms with van der Waals surface area (Å²) >= 11 is 1.15. The third-order valence-electron chi connectivity index (χ3n) is 1.80. The molecule has 1 aliphatic rings. The molecule has 2 N–H and O–H groups in total. The van der Waals surface area contributed by atoms with Gasteiger partial charge < -0.3 is 9.94 Å². The first-order chi connectivity index (χ1) is 7.66. The maximum absolute atomic E-state index is 11.5. The predicted molar refractivity (Wildman–Crippen MR) is 53.1 cm³/mol. The van der Waals surface area contributed by atoms with E-state index in [0.29, 0.717) is 5.13 Å². The number of aromatic nitrogens is 2. The largest absolute Gasteiger partial charge is 0.477 e. The number of hydrogen-bond acceptors (Lipinski definition) is 7. The minimum Gasteiger partial charge on any atom is -0.477 e. The van der Waals surface area contributed by atoms with Crippen molar-refractivity contribution in [3.63, 3.8) is 0 Å². The van der Waals surface area contributed by atoms with Crippen LogP contribution in [0.5, 0.6) is 0 Å². The number of nitrogens with zero attached hydrogens (tertiary/aromatic N) is 3. The first kappa shape index (κ1) is 10.5. The lowest BCUT2D eigenvalue weighted by Crippen LogP contribution is -2.28. The second-order valence-corrected chi connectivity index (χ2v) is 3.71. The molecule has 9 heteroatoms. The van der Waals surface area contributed by atoms with Crippen LogP contribution in [0.25, 0.3) is 0 Å². The van der Waals surface area contributed by atoms with Crippen LogP contribution in [-0.4, -0.2) is 39.0 Å². The Morgan fingerprint density at radius 1 is 1.62 bits per heavy atom. The molecule has 0 aromatic carbocycles. The zero-order chi connectivity index (χ0) is 11.5. The Bertz CT molecular complexity index is 443. The highest BCUT2D eigenvalue weighted by molar-refractivity contribution is 7.13. The summed E-state index contributed by atoms with van der Waals surface area (Å²) in [4.78, 5) is 26.7. The average Bonchev–Trinajstić information content (AvgIpc) is 2.86. The number of oxime groups is 1. The summed E-state index contributed by atoms with van der Waals surface area (Å²) < 4.78 is 0. The Labute approximate surface area is 92.9 Å². The molecule has 1 unspecified atom stereocenters. The molecule has 16 heavy (non-hydrogen) atoms. The third kappa shape index (κ3) is 2.14. The molecular weight excluding hydrogens is 236 g/mol. The summed E-state index contributed by atoms with van der Waals surface area (Å²) in [5.41, 5.74) is 1.29. The number of carbonyl (C=O) groups is 2. The van der Waals surface area contributed by atoms with Crippen LogP contribution in [0.1, 0.15) is 6.42 Å². The van der Waals surface area contributed by atoms with Crippen LogP contribution in [0.3, 0.4) is 0 Å². The van der Waals surface area contributed by atoms with Gasteiger partial charge in [-0.2, -0.15) is 0 Å².